The van der Waals surface area contributed by atoms with E-state index >= 15 is 0 Å². The summed E-state index contributed by atoms with van der Waals surface area (Å²) in [6.07, 6.45) is 0. The van der Waals surface area contributed by atoms with Crippen molar-refractivity contribution in [1.82, 2.24) is 9.55 Å². The third-order valence-corrected chi connectivity index (χ3v) is 4.58. The Kier molecular flexibility index (Phi) is 2.87. The van der Waals surface area contributed by atoms with Crippen molar-refractivity contribution in [2.24, 2.45) is 0 Å². The Hall–Kier alpha value is -1.33. The van der Waals surface area contributed by atoms with E-state index in [0.717, 1.165) is 33.6 Å². The number of nitrogen functional groups attached to an aromatic ring is 1. The predicted octanol–water partition coefficient (Wildman–Crippen LogP) is 3.80. The normalized spacial score (nSPS) is 11.2. The summed E-state index contributed by atoms with van der Waals surface area (Å²) >= 11 is 5.23. The molecule has 2 heterocycles. The molecule has 0 saturated heterocycles. The molecule has 0 bridgehead atoms. The number of hydrogen-bond donors (Lipinski definition) is 1. The van der Waals surface area contributed by atoms with E-state index in [1.807, 2.05) is 25.1 Å². The van der Waals surface area contributed by atoms with Gasteiger partial charge in [0.05, 0.1) is 17.6 Å². The fourth-order valence-corrected chi connectivity index (χ4v) is 3.50. The Morgan fingerprint density at radius 1 is 1.39 bits per heavy atom. The molecule has 2 N–H and O–H groups in total. The SMILES string of the molecule is Cc1nc2cc(N)ccc2n1Cc1cc(Br)cs1. The van der Waals surface area contributed by atoms with Gasteiger partial charge in [-0.1, -0.05) is 0 Å². The van der Waals surface area contributed by atoms with Crippen molar-refractivity contribution in [3.05, 3.63) is 44.8 Å². The second-order valence-electron chi connectivity index (χ2n) is 4.22. The Morgan fingerprint density at radius 3 is 2.94 bits per heavy atom. The second kappa shape index (κ2) is 4.40. The van der Waals surface area contributed by atoms with Gasteiger partial charge in [-0.05, 0) is 47.1 Å². The molecular formula is C13H12BrN3S. The Bertz CT molecular complexity index is 714. The van der Waals surface area contributed by atoms with E-state index in [1.165, 1.54) is 4.88 Å². The monoisotopic (exact) mass is 321 g/mol. The number of anilines is 1. The van der Waals surface area contributed by atoms with Crippen LogP contribution >= 0.6 is 27.3 Å². The molecule has 0 unspecified atom stereocenters. The molecule has 0 aliphatic rings. The first kappa shape index (κ1) is 11.7. The number of fused-ring (bicyclic) bond motifs is 1. The molecular weight excluding hydrogens is 310 g/mol. The molecule has 1 aromatic carbocycles. The van der Waals surface area contributed by atoms with Gasteiger partial charge in [-0.25, -0.2) is 4.98 Å². The highest BCUT2D eigenvalue weighted by molar-refractivity contribution is 9.10. The number of benzene rings is 1. The van der Waals surface area contributed by atoms with Crippen LogP contribution in [0.1, 0.15) is 10.7 Å². The summed E-state index contributed by atoms with van der Waals surface area (Å²) in [5.74, 6) is 1.01. The lowest BCUT2D eigenvalue weighted by Crippen LogP contribution is -2.00. The van der Waals surface area contributed by atoms with Crippen LogP contribution in [0.2, 0.25) is 0 Å². The summed E-state index contributed by atoms with van der Waals surface area (Å²) in [5, 5.41) is 2.10. The topological polar surface area (TPSA) is 43.8 Å². The van der Waals surface area contributed by atoms with Gasteiger partial charge in [-0.15, -0.1) is 11.3 Å². The predicted molar refractivity (Wildman–Crippen MR) is 80.0 cm³/mol. The summed E-state index contributed by atoms with van der Waals surface area (Å²) in [4.78, 5) is 5.86. The van der Waals surface area contributed by atoms with Crippen molar-refractivity contribution in [3.8, 4) is 0 Å². The molecule has 0 radical (unpaired) electrons. The fraction of sp³-hybridized carbons (Fsp3) is 0.154. The molecule has 0 aliphatic heterocycles. The highest BCUT2D eigenvalue weighted by atomic mass is 79.9. The van der Waals surface area contributed by atoms with Gasteiger partial charge in [0.1, 0.15) is 5.82 Å². The second-order valence-corrected chi connectivity index (χ2v) is 6.14. The summed E-state index contributed by atoms with van der Waals surface area (Å²) in [6.45, 7) is 2.88. The van der Waals surface area contributed by atoms with Crippen LogP contribution in [-0.2, 0) is 6.54 Å². The zero-order valence-electron chi connectivity index (χ0n) is 9.85. The Morgan fingerprint density at radius 2 is 2.22 bits per heavy atom. The van der Waals surface area contributed by atoms with Crippen molar-refractivity contribution in [3.63, 3.8) is 0 Å². The molecule has 5 heteroatoms. The molecule has 0 saturated carbocycles. The highest BCUT2D eigenvalue weighted by Crippen LogP contribution is 2.24. The lowest BCUT2D eigenvalue weighted by atomic mass is 10.3. The molecule has 92 valence electrons. The first-order valence-corrected chi connectivity index (χ1v) is 7.26. The number of imidazole rings is 1. The van der Waals surface area contributed by atoms with E-state index in [4.69, 9.17) is 5.73 Å². The van der Waals surface area contributed by atoms with Crippen LogP contribution in [0.5, 0.6) is 0 Å². The molecule has 0 aliphatic carbocycles. The maximum Gasteiger partial charge on any atom is 0.107 e. The van der Waals surface area contributed by atoms with E-state index in [0.29, 0.717) is 0 Å². The van der Waals surface area contributed by atoms with Crippen LogP contribution in [0, 0.1) is 6.92 Å². The standard InChI is InChI=1S/C13H12BrN3S/c1-8-16-12-5-10(15)2-3-13(12)17(8)6-11-4-9(14)7-18-11/h2-5,7H,6,15H2,1H3. The average Bonchev–Trinajstić information content (AvgIpc) is 2.84. The van der Waals surface area contributed by atoms with Crippen LogP contribution in [-0.4, -0.2) is 9.55 Å². The molecule has 3 rings (SSSR count). The number of rotatable bonds is 2. The van der Waals surface area contributed by atoms with Crippen molar-refractivity contribution >= 4 is 44.0 Å². The van der Waals surface area contributed by atoms with Crippen molar-refractivity contribution in [2.75, 3.05) is 5.73 Å². The first-order valence-electron chi connectivity index (χ1n) is 5.59. The number of thiophene rings is 1. The minimum absolute atomic E-state index is 0.756. The minimum atomic E-state index is 0.756. The number of halogens is 1. The lowest BCUT2D eigenvalue weighted by Gasteiger charge is -2.04. The molecule has 18 heavy (non-hydrogen) atoms. The maximum atomic E-state index is 5.79. The van der Waals surface area contributed by atoms with Crippen LogP contribution in [0.15, 0.2) is 34.1 Å². The smallest absolute Gasteiger partial charge is 0.107 e. The largest absolute Gasteiger partial charge is 0.399 e. The van der Waals surface area contributed by atoms with Crippen LogP contribution in [0.4, 0.5) is 5.69 Å². The van der Waals surface area contributed by atoms with Gasteiger partial charge < -0.3 is 10.3 Å². The minimum Gasteiger partial charge on any atom is -0.399 e. The molecule has 0 fully saturated rings. The lowest BCUT2D eigenvalue weighted by molar-refractivity contribution is 0.797. The molecule has 3 nitrogen and oxygen atoms in total. The zero-order valence-corrected chi connectivity index (χ0v) is 12.3. The number of aryl methyl sites for hydroxylation is 1. The fourth-order valence-electron chi connectivity index (χ4n) is 2.06. The Labute approximate surface area is 117 Å². The van der Waals surface area contributed by atoms with Crippen LogP contribution in [0.25, 0.3) is 11.0 Å². The zero-order chi connectivity index (χ0) is 12.7. The van der Waals surface area contributed by atoms with E-state index in [-0.39, 0.29) is 0 Å². The van der Waals surface area contributed by atoms with E-state index in [2.05, 4.69) is 36.9 Å². The number of nitrogens with zero attached hydrogens (tertiary/aromatic N) is 2. The average molecular weight is 322 g/mol. The van der Waals surface area contributed by atoms with Gasteiger partial charge in [0.2, 0.25) is 0 Å². The molecule has 2 aromatic heterocycles. The van der Waals surface area contributed by atoms with Gasteiger partial charge in [-0.2, -0.15) is 0 Å². The van der Waals surface area contributed by atoms with Crippen LogP contribution < -0.4 is 5.73 Å². The third-order valence-electron chi connectivity index (χ3n) is 2.90. The summed E-state index contributed by atoms with van der Waals surface area (Å²) < 4.78 is 3.35. The van der Waals surface area contributed by atoms with E-state index in [9.17, 15) is 0 Å². The summed E-state index contributed by atoms with van der Waals surface area (Å²) in [6, 6.07) is 8.02. The van der Waals surface area contributed by atoms with Gasteiger partial charge in [-0.3, -0.25) is 0 Å². The van der Waals surface area contributed by atoms with Gasteiger partial charge >= 0.3 is 0 Å². The van der Waals surface area contributed by atoms with Gasteiger partial charge in [0, 0.05) is 20.4 Å². The number of hydrogen-bond acceptors (Lipinski definition) is 3. The quantitative estimate of drug-likeness (QED) is 0.729. The van der Waals surface area contributed by atoms with Crippen LogP contribution in [0.3, 0.4) is 0 Å². The van der Waals surface area contributed by atoms with Gasteiger partial charge in [0.25, 0.3) is 0 Å². The number of nitrogens with two attached hydrogens (primary N) is 1. The van der Waals surface area contributed by atoms with Crippen molar-refractivity contribution < 1.29 is 0 Å². The molecule has 0 amide bonds. The van der Waals surface area contributed by atoms with E-state index in [1.54, 1.807) is 11.3 Å². The summed E-state index contributed by atoms with van der Waals surface area (Å²) in [7, 11) is 0. The van der Waals surface area contributed by atoms with E-state index < -0.39 is 0 Å². The molecule has 0 atom stereocenters. The van der Waals surface area contributed by atoms with Crippen molar-refractivity contribution in [2.45, 2.75) is 13.5 Å². The van der Waals surface area contributed by atoms with Gasteiger partial charge in [0.15, 0.2) is 0 Å². The van der Waals surface area contributed by atoms with Crippen molar-refractivity contribution in [1.29, 1.82) is 0 Å². The number of aromatic nitrogens is 2. The molecule has 0 spiro atoms. The maximum absolute atomic E-state index is 5.79. The first-order chi connectivity index (χ1) is 8.63. The molecule has 3 aromatic rings. The summed E-state index contributed by atoms with van der Waals surface area (Å²) in [5.41, 5.74) is 8.63. The highest BCUT2D eigenvalue weighted by Gasteiger charge is 2.09. The third kappa shape index (κ3) is 2.04. The Balaban J connectivity index is 2.08.